The first kappa shape index (κ1) is 4.59. The van der Waals surface area contributed by atoms with Crippen LogP contribution in [0.2, 0.25) is 0 Å². The molecule has 1 rings (SSSR count). The Bertz CT molecular complexity index is 199. The first-order chi connectivity index (χ1) is 3.30. The van der Waals surface area contributed by atoms with Crippen LogP contribution in [0.5, 0.6) is 0 Å². The van der Waals surface area contributed by atoms with Crippen LogP contribution in [0.15, 0.2) is 16.9 Å². The minimum atomic E-state index is 0.514. The minimum absolute atomic E-state index is 0.514. The third kappa shape index (κ3) is 0.718. The summed E-state index contributed by atoms with van der Waals surface area (Å²) in [6.07, 6.45) is 3.32. The van der Waals surface area contributed by atoms with Crippen molar-refractivity contribution in [1.82, 2.24) is 4.57 Å². The summed E-state index contributed by atoms with van der Waals surface area (Å²) in [5.41, 5.74) is 0. The van der Waals surface area contributed by atoms with Crippen LogP contribution in [0.4, 0.5) is 0 Å². The lowest BCUT2D eigenvalue weighted by molar-refractivity contribution is 0.523. The van der Waals surface area contributed by atoms with E-state index in [0.717, 1.165) is 0 Å². The molecule has 38 valence electrons. The van der Waals surface area contributed by atoms with E-state index in [0.29, 0.717) is 4.84 Å². The molecule has 1 heterocycles. The molecule has 0 aliphatic heterocycles. The molecule has 0 N–H and O–H groups in total. The summed E-state index contributed by atoms with van der Waals surface area (Å²) in [7, 11) is 1.84. The minimum Gasteiger partial charge on any atom is -0.438 e. The van der Waals surface area contributed by atoms with Gasteiger partial charge >= 0.3 is 0 Å². The van der Waals surface area contributed by atoms with Crippen molar-refractivity contribution < 1.29 is 4.42 Å². The number of oxazole rings is 1. The zero-order valence-electron chi connectivity index (χ0n) is 3.92. The van der Waals surface area contributed by atoms with Crippen molar-refractivity contribution in [2.75, 3.05) is 0 Å². The van der Waals surface area contributed by atoms with E-state index in [1.165, 1.54) is 0 Å². The molecule has 2 nitrogen and oxygen atoms in total. The number of hydrogen-bond acceptors (Lipinski definition) is 2. The van der Waals surface area contributed by atoms with Gasteiger partial charge < -0.3 is 8.98 Å². The molecule has 0 radical (unpaired) electrons. The Labute approximate surface area is 46.4 Å². The van der Waals surface area contributed by atoms with Gasteiger partial charge in [-0.25, -0.2) is 0 Å². The van der Waals surface area contributed by atoms with E-state index in [1.807, 2.05) is 7.05 Å². The van der Waals surface area contributed by atoms with Crippen molar-refractivity contribution in [3.8, 4) is 0 Å². The van der Waals surface area contributed by atoms with E-state index in [4.69, 9.17) is 4.42 Å². The summed E-state index contributed by atoms with van der Waals surface area (Å²) in [5, 5.41) is 0. The van der Waals surface area contributed by atoms with E-state index < -0.39 is 0 Å². The van der Waals surface area contributed by atoms with E-state index in [1.54, 1.807) is 17.0 Å². The van der Waals surface area contributed by atoms with Crippen LogP contribution in [0.25, 0.3) is 0 Å². The average molecular weight is 115 g/mol. The largest absolute Gasteiger partial charge is 0.438 e. The maximum atomic E-state index is 4.74. The van der Waals surface area contributed by atoms with Gasteiger partial charge in [0.1, 0.15) is 6.26 Å². The van der Waals surface area contributed by atoms with Gasteiger partial charge in [-0.3, -0.25) is 0 Å². The van der Waals surface area contributed by atoms with Gasteiger partial charge in [0.2, 0.25) is 0 Å². The zero-order valence-corrected chi connectivity index (χ0v) is 4.73. The molecule has 0 bridgehead atoms. The maximum absolute atomic E-state index is 4.74. The van der Waals surface area contributed by atoms with Crippen LogP contribution in [0.1, 0.15) is 0 Å². The SMILES string of the molecule is Cn1ccoc1=S. The van der Waals surface area contributed by atoms with Crippen LogP contribution < -0.4 is 0 Å². The third-order valence-corrected chi connectivity index (χ3v) is 1.13. The number of nitrogens with zero attached hydrogens (tertiary/aromatic N) is 1. The van der Waals surface area contributed by atoms with Crippen molar-refractivity contribution in [2.24, 2.45) is 7.05 Å². The molecule has 0 aliphatic carbocycles. The van der Waals surface area contributed by atoms with Gasteiger partial charge in [-0.2, -0.15) is 0 Å². The van der Waals surface area contributed by atoms with Crippen molar-refractivity contribution in [1.29, 1.82) is 0 Å². The molecule has 0 saturated heterocycles. The fourth-order valence-corrected chi connectivity index (χ4v) is 0.440. The van der Waals surface area contributed by atoms with Crippen LogP contribution in [-0.4, -0.2) is 4.57 Å². The molecule has 0 fully saturated rings. The Balaban J connectivity index is 3.39. The summed E-state index contributed by atoms with van der Waals surface area (Å²) in [6.45, 7) is 0. The lowest BCUT2D eigenvalue weighted by Gasteiger charge is -1.77. The first-order valence-corrected chi connectivity index (χ1v) is 2.31. The quantitative estimate of drug-likeness (QED) is 0.475. The highest BCUT2D eigenvalue weighted by Gasteiger charge is 1.79. The lowest BCUT2D eigenvalue weighted by atomic mass is 10.9. The van der Waals surface area contributed by atoms with E-state index in [9.17, 15) is 0 Å². The topological polar surface area (TPSA) is 18.1 Å². The zero-order chi connectivity index (χ0) is 5.28. The fourth-order valence-electron chi connectivity index (χ4n) is 0.324. The second-order valence-corrected chi connectivity index (χ2v) is 1.63. The summed E-state index contributed by atoms with van der Waals surface area (Å²) in [5.74, 6) is 0. The molecule has 7 heavy (non-hydrogen) atoms. The van der Waals surface area contributed by atoms with Crippen molar-refractivity contribution >= 4 is 12.2 Å². The summed E-state index contributed by atoms with van der Waals surface area (Å²) in [4.78, 5) is 0.514. The predicted molar refractivity (Wildman–Crippen MR) is 28.5 cm³/mol. The molecule has 1 aromatic heterocycles. The Morgan fingerprint density at radius 2 is 2.57 bits per heavy atom. The molecule has 0 saturated carbocycles. The molecule has 0 aromatic carbocycles. The Morgan fingerprint density at radius 1 is 1.86 bits per heavy atom. The van der Waals surface area contributed by atoms with E-state index >= 15 is 0 Å². The summed E-state index contributed by atoms with van der Waals surface area (Å²) in [6, 6.07) is 0. The molecular formula is C4H5NOS. The maximum Gasteiger partial charge on any atom is 0.268 e. The predicted octanol–water partition coefficient (Wildman–Crippen LogP) is 1.35. The molecule has 3 heteroatoms. The third-order valence-electron chi connectivity index (χ3n) is 0.741. The molecule has 0 amide bonds. The highest BCUT2D eigenvalue weighted by atomic mass is 32.1. The molecule has 0 aliphatic rings. The molecule has 0 spiro atoms. The smallest absolute Gasteiger partial charge is 0.268 e. The Kier molecular flexibility index (Phi) is 0.982. The van der Waals surface area contributed by atoms with Crippen LogP contribution in [0, 0.1) is 4.84 Å². The van der Waals surface area contributed by atoms with Crippen molar-refractivity contribution in [3.63, 3.8) is 0 Å². The van der Waals surface area contributed by atoms with Crippen LogP contribution >= 0.6 is 12.2 Å². The number of hydrogen-bond donors (Lipinski definition) is 0. The van der Waals surface area contributed by atoms with Crippen molar-refractivity contribution in [2.45, 2.75) is 0 Å². The number of aryl methyl sites for hydroxylation is 1. The Morgan fingerprint density at radius 3 is 2.71 bits per heavy atom. The standard InChI is InChI=1S/C4H5NOS/c1-5-2-3-6-4(5)7/h2-3H,1H3. The van der Waals surface area contributed by atoms with Gasteiger partial charge in [-0.05, 0) is 12.2 Å². The van der Waals surface area contributed by atoms with Gasteiger partial charge in [0, 0.05) is 13.2 Å². The summed E-state index contributed by atoms with van der Waals surface area (Å²) >= 11 is 4.68. The molecular weight excluding hydrogens is 110 g/mol. The van der Waals surface area contributed by atoms with Gasteiger partial charge in [-0.15, -0.1) is 0 Å². The Hall–Kier alpha value is -0.570. The van der Waals surface area contributed by atoms with Gasteiger partial charge in [0.05, 0.1) is 0 Å². The second-order valence-electron chi connectivity index (χ2n) is 1.28. The molecule has 0 atom stereocenters. The van der Waals surface area contributed by atoms with Crippen LogP contribution in [-0.2, 0) is 7.05 Å². The van der Waals surface area contributed by atoms with Gasteiger partial charge in [0.25, 0.3) is 4.84 Å². The fraction of sp³-hybridized carbons (Fsp3) is 0.250. The lowest BCUT2D eigenvalue weighted by Crippen LogP contribution is -1.79. The normalized spacial score (nSPS) is 9.29. The first-order valence-electron chi connectivity index (χ1n) is 1.91. The monoisotopic (exact) mass is 115 g/mol. The highest BCUT2D eigenvalue weighted by Crippen LogP contribution is 1.88. The molecule has 0 unspecified atom stereocenters. The number of rotatable bonds is 0. The van der Waals surface area contributed by atoms with Crippen molar-refractivity contribution in [3.05, 3.63) is 17.3 Å². The highest BCUT2D eigenvalue weighted by molar-refractivity contribution is 7.71. The van der Waals surface area contributed by atoms with E-state index in [2.05, 4.69) is 12.2 Å². The molecule has 1 aromatic rings. The van der Waals surface area contributed by atoms with Gasteiger partial charge in [0.15, 0.2) is 0 Å². The number of aromatic nitrogens is 1. The average Bonchev–Trinajstić information content (AvgIpc) is 1.91. The second kappa shape index (κ2) is 1.50. The van der Waals surface area contributed by atoms with Gasteiger partial charge in [-0.1, -0.05) is 0 Å². The van der Waals surface area contributed by atoms with E-state index in [-0.39, 0.29) is 0 Å². The summed E-state index contributed by atoms with van der Waals surface area (Å²) < 4.78 is 6.47. The van der Waals surface area contributed by atoms with Crippen LogP contribution in [0.3, 0.4) is 0 Å².